The van der Waals surface area contributed by atoms with Gasteiger partial charge in [0.25, 0.3) is 5.91 Å². The summed E-state index contributed by atoms with van der Waals surface area (Å²) in [5.74, 6) is -0.371. The van der Waals surface area contributed by atoms with Crippen molar-refractivity contribution >= 4 is 17.4 Å². The number of aromatic nitrogens is 3. The first kappa shape index (κ1) is 22.1. The number of alkyl halides is 1. The molecule has 0 bridgehead atoms. The highest BCUT2D eigenvalue weighted by molar-refractivity contribution is 5.95. The molecular weight excluding hydrogens is 414 g/mol. The highest BCUT2D eigenvalue weighted by Crippen LogP contribution is 2.23. The summed E-state index contributed by atoms with van der Waals surface area (Å²) in [6.07, 6.45) is 4.98. The summed E-state index contributed by atoms with van der Waals surface area (Å²) < 4.78 is 28.7. The Balaban J connectivity index is 1.48. The van der Waals surface area contributed by atoms with Gasteiger partial charge in [-0.05, 0) is 63.5 Å². The van der Waals surface area contributed by atoms with E-state index in [0.29, 0.717) is 54.7 Å². The molecule has 9 heteroatoms. The zero-order valence-corrected chi connectivity index (χ0v) is 18.2. The van der Waals surface area contributed by atoms with E-state index in [0.717, 1.165) is 19.4 Å². The summed E-state index contributed by atoms with van der Waals surface area (Å²) in [7, 11) is 2.04. The Morgan fingerprint density at radius 1 is 1.25 bits per heavy atom. The molecule has 2 N–H and O–H groups in total. The number of rotatable bonds is 9. The number of likely N-dealkylation sites (N-methyl/N-ethyl adjacent to an activating group) is 1. The van der Waals surface area contributed by atoms with Crippen LogP contribution >= 0.6 is 0 Å². The smallest absolute Gasteiger partial charge is 0.254 e. The van der Waals surface area contributed by atoms with E-state index in [4.69, 9.17) is 0 Å². The summed E-state index contributed by atoms with van der Waals surface area (Å²) >= 11 is 0. The SMILES string of the molecule is CN1CCC[C@H]1CNC(=O)c1ccc(-c2cnc3ccc(NCCCCF)nn23)cc1F. The lowest BCUT2D eigenvalue weighted by Crippen LogP contribution is -2.38. The van der Waals surface area contributed by atoms with Crippen molar-refractivity contribution in [1.29, 1.82) is 0 Å². The quantitative estimate of drug-likeness (QED) is 0.496. The zero-order chi connectivity index (χ0) is 22.5. The van der Waals surface area contributed by atoms with E-state index in [1.54, 1.807) is 22.8 Å². The molecule has 1 aliphatic heterocycles. The van der Waals surface area contributed by atoms with Crippen LogP contribution in [0.4, 0.5) is 14.6 Å². The van der Waals surface area contributed by atoms with E-state index in [1.165, 1.54) is 12.1 Å². The number of unbranched alkanes of at least 4 members (excludes halogenated alkanes) is 1. The van der Waals surface area contributed by atoms with Crippen LogP contribution in [0.5, 0.6) is 0 Å². The van der Waals surface area contributed by atoms with Crippen LogP contribution in [0, 0.1) is 5.82 Å². The van der Waals surface area contributed by atoms with Crippen LogP contribution in [0.2, 0.25) is 0 Å². The van der Waals surface area contributed by atoms with Gasteiger partial charge in [0.15, 0.2) is 5.65 Å². The van der Waals surface area contributed by atoms with Gasteiger partial charge in [-0.25, -0.2) is 13.9 Å². The molecule has 3 aromatic rings. The molecule has 0 radical (unpaired) electrons. The Hall–Kier alpha value is -3.07. The minimum absolute atomic E-state index is 0.0198. The number of halogens is 2. The summed E-state index contributed by atoms with van der Waals surface area (Å²) in [4.78, 5) is 19.0. The lowest BCUT2D eigenvalue weighted by atomic mass is 10.1. The predicted octanol–water partition coefficient (Wildman–Crippen LogP) is 3.52. The summed E-state index contributed by atoms with van der Waals surface area (Å²) in [5, 5.41) is 10.5. The van der Waals surface area contributed by atoms with Crippen LogP contribution in [-0.4, -0.2) is 64.8 Å². The molecule has 1 aromatic carbocycles. The van der Waals surface area contributed by atoms with Crippen molar-refractivity contribution in [2.45, 2.75) is 31.7 Å². The number of benzene rings is 1. The summed E-state index contributed by atoms with van der Waals surface area (Å²) in [5.41, 5.74) is 1.83. The molecule has 0 aliphatic carbocycles. The Bertz CT molecular complexity index is 1090. The number of likely N-dealkylation sites (tertiary alicyclic amines) is 1. The number of anilines is 1. The second kappa shape index (κ2) is 10.0. The predicted molar refractivity (Wildman–Crippen MR) is 120 cm³/mol. The number of carbonyl (C=O) groups excluding carboxylic acids is 1. The fourth-order valence-electron chi connectivity index (χ4n) is 4.00. The maximum atomic E-state index is 14.8. The minimum atomic E-state index is -0.588. The Morgan fingerprint density at radius 2 is 2.12 bits per heavy atom. The number of hydrogen-bond donors (Lipinski definition) is 2. The van der Waals surface area contributed by atoms with E-state index >= 15 is 0 Å². The van der Waals surface area contributed by atoms with Gasteiger partial charge in [0.1, 0.15) is 11.6 Å². The largest absolute Gasteiger partial charge is 0.369 e. The number of fused-ring (bicyclic) bond motifs is 1. The zero-order valence-electron chi connectivity index (χ0n) is 18.2. The van der Waals surface area contributed by atoms with Crippen LogP contribution in [-0.2, 0) is 0 Å². The summed E-state index contributed by atoms with van der Waals surface area (Å²) in [6.45, 7) is 1.80. The standard InChI is InChI=1S/C23H28F2N6O/c1-30-12-4-5-17(30)14-28-23(32)18-7-6-16(13-19(18)25)20-15-27-22-9-8-21(29-31(20)22)26-11-3-2-10-24/h6-9,13,15,17H,2-5,10-12,14H2,1H3,(H,26,29)(H,28,32)/t17-/m0/s1. The highest BCUT2D eigenvalue weighted by Gasteiger charge is 2.22. The van der Waals surface area contributed by atoms with Gasteiger partial charge in [-0.15, -0.1) is 5.10 Å². The average molecular weight is 443 g/mol. The van der Waals surface area contributed by atoms with Gasteiger partial charge in [0, 0.05) is 24.7 Å². The van der Waals surface area contributed by atoms with E-state index in [-0.39, 0.29) is 12.2 Å². The number of amides is 1. The molecule has 170 valence electrons. The number of carbonyl (C=O) groups is 1. The monoisotopic (exact) mass is 442 g/mol. The molecular formula is C23H28F2N6O. The van der Waals surface area contributed by atoms with Crippen LogP contribution in [0.3, 0.4) is 0 Å². The third-order valence-corrected chi connectivity index (χ3v) is 5.91. The lowest BCUT2D eigenvalue weighted by Gasteiger charge is -2.19. The van der Waals surface area contributed by atoms with Gasteiger partial charge < -0.3 is 15.5 Å². The molecule has 32 heavy (non-hydrogen) atoms. The second-order valence-corrected chi connectivity index (χ2v) is 8.14. The van der Waals surface area contributed by atoms with E-state index < -0.39 is 11.7 Å². The van der Waals surface area contributed by atoms with Gasteiger partial charge in [-0.3, -0.25) is 9.18 Å². The van der Waals surface area contributed by atoms with Crippen molar-refractivity contribution in [2.75, 3.05) is 38.7 Å². The average Bonchev–Trinajstić information content (AvgIpc) is 3.40. The van der Waals surface area contributed by atoms with Crippen molar-refractivity contribution in [3.63, 3.8) is 0 Å². The number of imidazole rings is 1. The maximum Gasteiger partial charge on any atom is 0.254 e. The first-order valence-electron chi connectivity index (χ1n) is 11.0. The second-order valence-electron chi connectivity index (χ2n) is 8.14. The molecule has 1 saturated heterocycles. The van der Waals surface area contributed by atoms with Crippen LogP contribution in [0.1, 0.15) is 36.0 Å². The number of nitrogens with zero attached hydrogens (tertiary/aromatic N) is 4. The molecule has 0 saturated carbocycles. The Kier molecular flexibility index (Phi) is 6.94. The van der Waals surface area contributed by atoms with Gasteiger partial charge in [-0.2, -0.15) is 0 Å². The molecule has 1 amide bonds. The molecule has 0 unspecified atom stereocenters. The van der Waals surface area contributed by atoms with E-state index in [9.17, 15) is 13.6 Å². The fraction of sp³-hybridized carbons (Fsp3) is 0.435. The van der Waals surface area contributed by atoms with Crippen molar-refractivity contribution in [1.82, 2.24) is 24.8 Å². The molecule has 2 aromatic heterocycles. The third kappa shape index (κ3) is 4.88. The molecule has 3 heterocycles. The normalized spacial score (nSPS) is 16.5. The van der Waals surface area contributed by atoms with Gasteiger partial charge in [0.2, 0.25) is 0 Å². The van der Waals surface area contributed by atoms with Crippen LogP contribution in [0.25, 0.3) is 16.9 Å². The molecule has 1 atom stereocenters. The molecule has 1 aliphatic rings. The molecule has 7 nitrogen and oxygen atoms in total. The van der Waals surface area contributed by atoms with Crippen molar-refractivity contribution in [2.24, 2.45) is 0 Å². The molecule has 0 spiro atoms. The van der Waals surface area contributed by atoms with Gasteiger partial charge in [-0.1, -0.05) is 6.07 Å². The Labute approximate surface area is 185 Å². The Morgan fingerprint density at radius 3 is 2.88 bits per heavy atom. The van der Waals surface area contributed by atoms with Gasteiger partial charge in [0.05, 0.1) is 24.1 Å². The first-order valence-corrected chi connectivity index (χ1v) is 11.0. The lowest BCUT2D eigenvalue weighted by molar-refractivity contribution is 0.0939. The van der Waals surface area contributed by atoms with Crippen molar-refractivity contribution in [3.05, 3.63) is 47.9 Å². The first-order chi connectivity index (χ1) is 15.6. The highest BCUT2D eigenvalue weighted by atomic mass is 19.1. The van der Waals surface area contributed by atoms with E-state index in [2.05, 4.69) is 25.6 Å². The summed E-state index contributed by atoms with van der Waals surface area (Å²) in [6, 6.07) is 8.45. The third-order valence-electron chi connectivity index (χ3n) is 5.91. The molecule has 4 rings (SSSR count). The molecule has 1 fully saturated rings. The number of nitrogens with one attached hydrogen (secondary N) is 2. The van der Waals surface area contributed by atoms with Crippen LogP contribution < -0.4 is 10.6 Å². The topological polar surface area (TPSA) is 74.6 Å². The van der Waals surface area contributed by atoms with E-state index in [1.807, 2.05) is 13.1 Å². The minimum Gasteiger partial charge on any atom is -0.369 e. The van der Waals surface area contributed by atoms with Crippen molar-refractivity contribution < 1.29 is 13.6 Å². The number of hydrogen-bond acceptors (Lipinski definition) is 5. The maximum absolute atomic E-state index is 14.8. The van der Waals surface area contributed by atoms with Crippen molar-refractivity contribution in [3.8, 4) is 11.3 Å². The fourth-order valence-corrected chi connectivity index (χ4v) is 4.00. The van der Waals surface area contributed by atoms with Gasteiger partial charge >= 0.3 is 0 Å². The van der Waals surface area contributed by atoms with Crippen LogP contribution in [0.15, 0.2) is 36.5 Å².